The molecule has 0 amide bonds. The Morgan fingerprint density at radius 2 is 1.88 bits per heavy atom. The van der Waals surface area contributed by atoms with Crippen LogP contribution in [0.5, 0.6) is 0 Å². The second-order valence-corrected chi connectivity index (χ2v) is 6.42. The van der Waals surface area contributed by atoms with Crippen molar-refractivity contribution in [3.8, 4) is 0 Å². The minimum atomic E-state index is -0.123. The number of benzene rings is 1. The van der Waals surface area contributed by atoms with E-state index in [0.717, 1.165) is 32.1 Å². The summed E-state index contributed by atoms with van der Waals surface area (Å²) in [6.07, 6.45) is 0.955. The van der Waals surface area contributed by atoms with E-state index in [2.05, 4.69) is 60.7 Å². The predicted molar refractivity (Wildman–Crippen MR) is 111 cm³/mol. The molecule has 0 saturated heterocycles. The van der Waals surface area contributed by atoms with Gasteiger partial charge in [0, 0.05) is 33.9 Å². The average molecular weight is 449 g/mol. The van der Waals surface area contributed by atoms with Crippen molar-refractivity contribution >= 4 is 29.9 Å². The number of guanidine groups is 1. The van der Waals surface area contributed by atoms with E-state index in [1.54, 1.807) is 14.2 Å². The van der Waals surface area contributed by atoms with Crippen LogP contribution in [-0.2, 0) is 22.6 Å². The van der Waals surface area contributed by atoms with E-state index in [1.807, 2.05) is 0 Å². The molecule has 0 spiro atoms. The van der Waals surface area contributed by atoms with E-state index < -0.39 is 0 Å². The summed E-state index contributed by atoms with van der Waals surface area (Å²) >= 11 is 0. The summed E-state index contributed by atoms with van der Waals surface area (Å²) in [5.74, 6) is 0.803. The average Bonchev–Trinajstić information content (AvgIpc) is 2.52. The van der Waals surface area contributed by atoms with Gasteiger partial charge in [0.1, 0.15) is 0 Å². The highest BCUT2D eigenvalue weighted by atomic mass is 127. The van der Waals surface area contributed by atoms with Crippen LogP contribution in [0.2, 0.25) is 0 Å². The molecule has 1 aromatic rings. The lowest BCUT2D eigenvalue weighted by atomic mass is 10.1. The Bertz CT molecular complexity index is 487. The smallest absolute Gasteiger partial charge is 0.191 e. The molecule has 0 aliphatic carbocycles. The first-order valence-corrected chi connectivity index (χ1v) is 8.10. The van der Waals surface area contributed by atoms with Crippen LogP contribution in [0.15, 0.2) is 29.3 Å². The SMILES string of the molecule is CN=C(NCCCOC)NCc1cccc(COC(C)(C)C)c1.I. The number of hydrogen-bond donors (Lipinski definition) is 2. The molecule has 0 aromatic heterocycles. The maximum absolute atomic E-state index is 5.82. The predicted octanol–water partition coefficient (Wildman–Crippen LogP) is 3.32. The number of nitrogens with zero attached hydrogens (tertiary/aromatic N) is 1. The summed E-state index contributed by atoms with van der Waals surface area (Å²) < 4.78 is 10.9. The first-order chi connectivity index (χ1) is 10.9. The summed E-state index contributed by atoms with van der Waals surface area (Å²) in [7, 11) is 3.49. The number of halogens is 1. The number of rotatable bonds is 8. The summed E-state index contributed by atoms with van der Waals surface area (Å²) in [4.78, 5) is 4.22. The Hall–Kier alpha value is -0.860. The van der Waals surface area contributed by atoms with Crippen LogP contribution < -0.4 is 10.6 Å². The molecule has 0 radical (unpaired) electrons. The van der Waals surface area contributed by atoms with Gasteiger partial charge in [0.15, 0.2) is 5.96 Å². The molecule has 1 rings (SSSR count). The highest BCUT2D eigenvalue weighted by Gasteiger charge is 2.10. The Balaban J connectivity index is 0.00000529. The third kappa shape index (κ3) is 10.8. The van der Waals surface area contributed by atoms with E-state index in [-0.39, 0.29) is 29.6 Å². The van der Waals surface area contributed by atoms with E-state index in [9.17, 15) is 0 Å². The Morgan fingerprint density at radius 3 is 2.50 bits per heavy atom. The lowest BCUT2D eigenvalue weighted by Crippen LogP contribution is -2.37. The molecule has 24 heavy (non-hydrogen) atoms. The molecule has 0 aliphatic heterocycles. The van der Waals surface area contributed by atoms with E-state index in [1.165, 1.54) is 11.1 Å². The fraction of sp³-hybridized carbons (Fsp3) is 0.611. The maximum Gasteiger partial charge on any atom is 0.191 e. The Kier molecular flexibility index (Phi) is 12.0. The van der Waals surface area contributed by atoms with Crippen molar-refractivity contribution < 1.29 is 9.47 Å². The van der Waals surface area contributed by atoms with Gasteiger partial charge in [-0.15, -0.1) is 24.0 Å². The molecule has 6 heteroatoms. The highest BCUT2D eigenvalue weighted by Crippen LogP contribution is 2.13. The molecule has 1 aromatic carbocycles. The molecule has 5 nitrogen and oxygen atoms in total. The van der Waals surface area contributed by atoms with Gasteiger partial charge in [-0.3, -0.25) is 4.99 Å². The van der Waals surface area contributed by atoms with Crippen molar-refractivity contribution in [2.75, 3.05) is 27.3 Å². The van der Waals surface area contributed by atoms with Gasteiger partial charge in [-0.1, -0.05) is 24.3 Å². The molecule has 0 bridgehead atoms. The highest BCUT2D eigenvalue weighted by molar-refractivity contribution is 14.0. The standard InChI is InChI=1S/C18H31N3O2.HI/c1-18(2,3)23-14-16-9-6-8-15(12-16)13-21-17(19-4)20-10-7-11-22-5;/h6,8-9,12H,7,10-11,13-14H2,1-5H3,(H2,19,20,21);1H. The number of aliphatic imine (C=N–C) groups is 1. The quantitative estimate of drug-likeness (QED) is 0.277. The van der Waals surface area contributed by atoms with Gasteiger partial charge in [0.25, 0.3) is 0 Å². The number of hydrogen-bond acceptors (Lipinski definition) is 3. The molecular weight excluding hydrogens is 417 g/mol. The zero-order valence-electron chi connectivity index (χ0n) is 15.5. The van der Waals surface area contributed by atoms with E-state index in [4.69, 9.17) is 9.47 Å². The van der Waals surface area contributed by atoms with Gasteiger partial charge in [-0.2, -0.15) is 0 Å². The molecular formula is C18H32IN3O2. The minimum Gasteiger partial charge on any atom is -0.385 e. The summed E-state index contributed by atoms with van der Waals surface area (Å²) in [5, 5.41) is 6.59. The van der Waals surface area contributed by atoms with Gasteiger partial charge in [0.2, 0.25) is 0 Å². The summed E-state index contributed by atoms with van der Waals surface area (Å²) in [6, 6.07) is 8.42. The molecule has 0 heterocycles. The van der Waals surface area contributed by atoms with Crippen LogP contribution in [0.1, 0.15) is 38.3 Å². The molecule has 0 unspecified atom stereocenters. The monoisotopic (exact) mass is 449 g/mol. The lowest BCUT2D eigenvalue weighted by Gasteiger charge is -2.19. The van der Waals surface area contributed by atoms with Crippen LogP contribution in [-0.4, -0.2) is 38.9 Å². The Morgan fingerprint density at radius 1 is 1.17 bits per heavy atom. The van der Waals surface area contributed by atoms with Crippen molar-refractivity contribution in [1.82, 2.24) is 10.6 Å². The van der Waals surface area contributed by atoms with Gasteiger partial charge in [-0.05, 0) is 38.3 Å². The summed E-state index contributed by atoms with van der Waals surface area (Å²) in [6.45, 7) is 9.15. The first kappa shape index (κ1) is 23.1. The number of nitrogens with one attached hydrogen (secondary N) is 2. The maximum atomic E-state index is 5.82. The number of ether oxygens (including phenoxy) is 2. The lowest BCUT2D eigenvalue weighted by molar-refractivity contribution is -0.0149. The molecule has 0 atom stereocenters. The molecule has 2 N–H and O–H groups in total. The second kappa shape index (κ2) is 12.5. The van der Waals surface area contributed by atoms with Crippen LogP contribution >= 0.6 is 24.0 Å². The van der Waals surface area contributed by atoms with Crippen molar-refractivity contribution in [3.05, 3.63) is 35.4 Å². The summed E-state index contributed by atoms with van der Waals surface area (Å²) in [5.41, 5.74) is 2.27. The van der Waals surface area contributed by atoms with Gasteiger partial charge in [-0.25, -0.2) is 0 Å². The molecule has 0 saturated carbocycles. The van der Waals surface area contributed by atoms with Crippen molar-refractivity contribution in [3.63, 3.8) is 0 Å². The van der Waals surface area contributed by atoms with E-state index in [0.29, 0.717) is 6.61 Å². The van der Waals surface area contributed by atoms with Gasteiger partial charge in [0.05, 0.1) is 12.2 Å². The van der Waals surface area contributed by atoms with Crippen LogP contribution in [0, 0.1) is 0 Å². The Labute approximate surface area is 163 Å². The zero-order chi connectivity index (χ0) is 17.1. The molecule has 0 fully saturated rings. The topological polar surface area (TPSA) is 54.9 Å². The minimum absolute atomic E-state index is 0. The van der Waals surface area contributed by atoms with Crippen LogP contribution in [0.3, 0.4) is 0 Å². The molecule has 138 valence electrons. The van der Waals surface area contributed by atoms with Crippen molar-refractivity contribution in [2.45, 2.75) is 45.9 Å². The fourth-order valence-corrected chi connectivity index (χ4v) is 1.96. The fourth-order valence-electron chi connectivity index (χ4n) is 1.96. The third-order valence-electron chi connectivity index (χ3n) is 3.16. The zero-order valence-corrected chi connectivity index (χ0v) is 17.8. The van der Waals surface area contributed by atoms with Gasteiger partial charge < -0.3 is 20.1 Å². The third-order valence-corrected chi connectivity index (χ3v) is 3.16. The van der Waals surface area contributed by atoms with Crippen molar-refractivity contribution in [2.24, 2.45) is 4.99 Å². The number of methoxy groups -OCH3 is 1. The van der Waals surface area contributed by atoms with Gasteiger partial charge >= 0.3 is 0 Å². The van der Waals surface area contributed by atoms with Crippen molar-refractivity contribution in [1.29, 1.82) is 0 Å². The van der Waals surface area contributed by atoms with E-state index >= 15 is 0 Å². The second-order valence-electron chi connectivity index (χ2n) is 6.42. The molecule has 0 aliphatic rings. The van der Waals surface area contributed by atoms with Crippen LogP contribution in [0.25, 0.3) is 0 Å². The van der Waals surface area contributed by atoms with Crippen LogP contribution in [0.4, 0.5) is 0 Å². The normalized spacial score (nSPS) is 11.8. The largest absolute Gasteiger partial charge is 0.385 e. The first-order valence-electron chi connectivity index (χ1n) is 8.10.